The molecule has 0 aromatic carbocycles. The van der Waals surface area contributed by atoms with Crippen molar-refractivity contribution in [3.63, 3.8) is 0 Å². The fraction of sp³-hybridized carbons (Fsp3) is 0.706. The molecule has 0 aliphatic carbocycles. The standard InChI is InChI=1S/C17H27N5O3S/c1-2-3-4-5-6-7-26-8-11-13(23)14(24)17(25-11)22-10-21-12-15(18)19-9-20-16(12)22/h9-11,13-14,17,23-24H,2-8H2,1H3,(H2,18,19,20)/t11-,13+,14+,17-/m1/s1. The maximum absolute atomic E-state index is 10.4. The van der Waals surface area contributed by atoms with Crippen molar-refractivity contribution in [1.29, 1.82) is 0 Å². The Kier molecular flexibility index (Phi) is 6.68. The second kappa shape index (κ2) is 8.98. The number of nitrogens with zero attached hydrogens (tertiary/aromatic N) is 4. The van der Waals surface area contributed by atoms with E-state index < -0.39 is 24.5 Å². The molecular formula is C17H27N5O3S. The monoisotopic (exact) mass is 381 g/mol. The molecule has 0 bridgehead atoms. The molecule has 4 atom stereocenters. The van der Waals surface area contributed by atoms with Gasteiger partial charge in [-0.05, 0) is 12.2 Å². The van der Waals surface area contributed by atoms with Gasteiger partial charge in [0.25, 0.3) is 0 Å². The number of anilines is 1. The van der Waals surface area contributed by atoms with E-state index in [9.17, 15) is 10.2 Å². The zero-order valence-electron chi connectivity index (χ0n) is 15.0. The molecule has 1 fully saturated rings. The van der Waals surface area contributed by atoms with Crippen molar-refractivity contribution in [3.05, 3.63) is 12.7 Å². The van der Waals surface area contributed by atoms with Gasteiger partial charge in [0, 0.05) is 5.75 Å². The summed E-state index contributed by atoms with van der Waals surface area (Å²) in [7, 11) is 0. The Morgan fingerprint density at radius 1 is 1.15 bits per heavy atom. The van der Waals surface area contributed by atoms with Gasteiger partial charge in [-0.3, -0.25) is 4.57 Å². The minimum Gasteiger partial charge on any atom is -0.387 e. The number of fused-ring (bicyclic) bond motifs is 1. The van der Waals surface area contributed by atoms with Crippen molar-refractivity contribution in [2.75, 3.05) is 17.2 Å². The van der Waals surface area contributed by atoms with Crippen molar-refractivity contribution in [1.82, 2.24) is 19.5 Å². The van der Waals surface area contributed by atoms with Crippen LogP contribution in [0.5, 0.6) is 0 Å². The molecule has 0 amide bonds. The second-order valence-electron chi connectivity index (χ2n) is 6.62. The van der Waals surface area contributed by atoms with Crippen LogP contribution in [0.3, 0.4) is 0 Å². The van der Waals surface area contributed by atoms with Crippen LogP contribution in [0.4, 0.5) is 5.82 Å². The van der Waals surface area contributed by atoms with Crippen LogP contribution in [-0.4, -0.2) is 59.5 Å². The molecule has 4 N–H and O–H groups in total. The van der Waals surface area contributed by atoms with Gasteiger partial charge in [0.05, 0.1) is 12.4 Å². The second-order valence-corrected chi connectivity index (χ2v) is 7.77. The maximum Gasteiger partial charge on any atom is 0.167 e. The number of imidazole rings is 1. The Morgan fingerprint density at radius 2 is 1.96 bits per heavy atom. The van der Waals surface area contributed by atoms with Crippen molar-refractivity contribution in [2.24, 2.45) is 0 Å². The van der Waals surface area contributed by atoms with Crippen LogP contribution in [0, 0.1) is 0 Å². The van der Waals surface area contributed by atoms with Gasteiger partial charge in [-0.1, -0.05) is 32.6 Å². The molecular weight excluding hydrogens is 354 g/mol. The van der Waals surface area contributed by atoms with Crippen molar-refractivity contribution < 1.29 is 14.9 Å². The van der Waals surface area contributed by atoms with Gasteiger partial charge < -0.3 is 20.7 Å². The topological polar surface area (TPSA) is 119 Å². The first-order valence-corrected chi connectivity index (χ1v) is 10.3. The third kappa shape index (κ3) is 4.11. The largest absolute Gasteiger partial charge is 0.387 e. The average Bonchev–Trinajstić information content (AvgIpc) is 3.18. The van der Waals surface area contributed by atoms with Crippen LogP contribution < -0.4 is 5.73 Å². The zero-order chi connectivity index (χ0) is 18.5. The Morgan fingerprint density at radius 3 is 2.77 bits per heavy atom. The highest BCUT2D eigenvalue weighted by Gasteiger charge is 2.44. The summed E-state index contributed by atoms with van der Waals surface area (Å²) in [6, 6.07) is 0. The first-order chi connectivity index (χ1) is 12.6. The van der Waals surface area contributed by atoms with E-state index in [0.29, 0.717) is 16.9 Å². The van der Waals surface area contributed by atoms with Gasteiger partial charge in [-0.2, -0.15) is 11.8 Å². The summed E-state index contributed by atoms with van der Waals surface area (Å²) in [6.45, 7) is 2.21. The SMILES string of the molecule is CCCCCCCSC[C@H]1O[C@@H](n2cnc3c(N)ncnc32)[C@@H](O)[C@H]1O. The minimum atomic E-state index is -1.04. The summed E-state index contributed by atoms with van der Waals surface area (Å²) in [5, 5.41) is 20.8. The molecule has 1 aliphatic heterocycles. The van der Waals surface area contributed by atoms with Crippen LogP contribution in [-0.2, 0) is 4.74 Å². The number of hydrogen-bond acceptors (Lipinski definition) is 8. The number of thioether (sulfide) groups is 1. The fourth-order valence-corrected chi connectivity index (χ4v) is 4.24. The van der Waals surface area contributed by atoms with E-state index in [2.05, 4.69) is 21.9 Å². The summed E-state index contributed by atoms with van der Waals surface area (Å²) in [4.78, 5) is 12.3. The van der Waals surface area contributed by atoms with E-state index in [1.165, 1.54) is 44.8 Å². The molecule has 0 saturated carbocycles. The predicted molar refractivity (Wildman–Crippen MR) is 102 cm³/mol. The van der Waals surface area contributed by atoms with Crippen LogP contribution in [0.2, 0.25) is 0 Å². The number of nitrogens with two attached hydrogens (primary N) is 1. The third-order valence-electron chi connectivity index (χ3n) is 4.67. The number of rotatable bonds is 9. The van der Waals surface area contributed by atoms with Gasteiger partial charge in [-0.15, -0.1) is 0 Å². The van der Waals surface area contributed by atoms with Gasteiger partial charge in [0.15, 0.2) is 17.7 Å². The number of aliphatic hydroxyl groups is 2. The molecule has 2 aromatic rings. The molecule has 26 heavy (non-hydrogen) atoms. The summed E-state index contributed by atoms with van der Waals surface area (Å²) >= 11 is 1.75. The van der Waals surface area contributed by atoms with Gasteiger partial charge in [-0.25, -0.2) is 15.0 Å². The number of ether oxygens (including phenoxy) is 1. The highest BCUT2D eigenvalue weighted by molar-refractivity contribution is 7.99. The smallest absolute Gasteiger partial charge is 0.167 e. The molecule has 0 unspecified atom stereocenters. The third-order valence-corrected chi connectivity index (χ3v) is 5.81. The summed E-state index contributed by atoms with van der Waals surface area (Å²) in [5.41, 5.74) is 6.74. The minimum absolute atomic E-state index is 0.275. The fourth-order valence-electron chi connectivity index (χ4n) is 3.16. The average molecular weight is 382 g/mol. The summed E-state index contributed by atoms with van der Waals surface area (Å²) in [5.74, 6) is 1.96. The molecule has 0 spiro atoms. The number of hydrogen-bond donors (Lipinski definition) is 3. The molecule has 8 nitrogen and oxygen atoms in total. The summed E-state index contributed by atoms with van der Waals surface area (Å²) in [6.07, 6.45) is 5.93. The van der Waals surface area contributed by atoms with E-state index in [-0.39, 0.29) is 5.82 Å². The Bertz CT molecular complexity index is 713. The van der Waals surface area contributed by atoms with E-state index in [4.69, 9.17) is 10.5 Å². The number of unbranched alkanes of at least 4 members (excludes halogenated alkanes) is 4. The number of aliphatic hydroxyl groups excluding tert-OH is 2. The molecule has 9 heteroatoms. The van der Waals surface area contributed by atoms with Crippen molar-refractivity contribution in [3.8, 4) is 0 Å². The normalized spacial score (nSPS) is 26.0. The van der Waals surface area contributed by atoms with Gasteiger partial charge in [0.1, 0.15) is 24.1 Å². The summed E-state index contributed by atoms with van der Waals surface area (Å²) < 4.78 is 7.53. The van der Waals surface area contributed by atoms with E-state index in [1.807, 2.05) is 0 Å². The molecule has 144 valence electrons. The van der Waals surface area contributed by atoms with E-state index in [1.54, 1.807) is 16.3 Å². The zero-order valence-corrected chi connectivity index (χ0v) is 15.8. The van der Waals surface area contributed by atoms with Crippen LogP contribution in [0.1, 0.15) is 45.3 Å². The van der Waals surface area contributed by atoms with Crippen LogP contribution >= 0.6 is 11.8 Å². The van der Waals surface area contributed by atoms with Crippen LogP contribution in [0.15, 0.2) is 12.7 Å². The lowest BCUT2D eigenvalue weighted by Crippen LogP contribution is -2.32. The first-order valence-electron chi connectivity index (χ1n) is 9.15. The number of aromatic nitrogens is 4. The highest BCUT2D eigenvalue weighted by Crippen LogP contribution is 2.33. The lowest BCUT2D eigenvalue weighted by Gasteiger charge is -2.16. The first kappa shape index (κ1) is 19.3. The molecule has 1 saturated heterocycles. The van der Waals surface area contributed by atoms with Crippen molar-refractivity contribution in [2.45, 2.75) is 63.6 Å². The van der Waals surface area contributed by atoms with Gasteiger partial charge >= 0.3 is 0 Å². The molecule has 0 radical (unpaired) electrons. The molecule has 3 heterocycles. The van der Waals surface area contributed by atoms with Gasteiger partial charge in [0.2, 0.25) is 0 Å². The quantitative estimate of drug-likeness (QED) is 0.562. The highest BCUT2D eigenvalue weighted by atomic mass is 32.2. The molecule has 1 aliphatic rings. The maximum atomic E-state index is 10.4. The van der Waals surface area contributed by atoms with Crippen molar-refractivity contribution >= 4 is 28.7 Å². The molecule has 2 aromatic heterocycles. The Balaban J connectivity index is 1.56. The number of nitrogen functional groups attached to an aromatic ring is 1. The van der Waals surface area contributed by atoms with E-state index >= 15 is 0 Å². The Labute approximate surface area is 157 Å². The Hall–Kier alpha value is -1.42. The van der Waals surface area contributed by atoms with E-state index in [0.717, 1.165) is 5.75 Å². The molecule has 3 rings (SSSR count). The lowest BCUT2D eigenvalue weighted by atomic mass is 10.1. The lowest BCUT2D eigenvalue weighted by molar-refractivity contribution is -0.0289. The predicted octanol–water partition coefficient (Wildman–Crippen LogP) is 1.73. The van der Waals surface area contributed by atoms with Crippen LogP contribution in [0.25, 0.3) is 11.2 Å².